The van der Waals surface area contributed by atoms with E-state index in [0.29, 0.717) is 19.5 Å². The van der Waals surface area contributed by atoms with Crippen molar-refractivity contribution in [3.8, 4) is 0 Å². The molecule has 0 aromatic carbocycles. The van der Waals surface area contributed by atoms with Crippen molar-refractivity contribution < 1.29 is 18.3 Å². The first kappa shape index (κ1) is 14.0. The summed E-state index contributed by atoms with van der Waals surface area (Å²) in [5.41, 5.74) is 0. The number of hydrogen-bond acceptors (Lipinski definition) is 5. The van der Waals surface area contributed by atoms with Crippen LogP contribution in [-0.4, -0.2) is 73.0 Å². The summed E-state index contributed by atoms with van der Waals surface area (Å²) in [7, 11) is -3.13. The molecule has 3 atom stereocenters. The van der Waals surface area contributed by atoms with Crippen LogP contribution in [0.1, 0.15) is 6.42 Å². The summed E-state index contributed by atoms with van der Waals surface area (Å²) >= 11 is 5.90. The second-order valence-corrected chi connectivity index (χ2v) is 7.66. The van der Waals surface area contributed by atoms with Gasteiger partial charge in [-0.15, -0.1) is 11.6 Å². The monoisotopic (exact) mass is 296 g/mol. The number of halogens is 1. The highest BCUT2D eigenvalue weighted by molar-refractivity contribution is 7.91. The molecule has 0 radical (unpaired) electrons. The van der Waals surface area contributed by atoms with Crippen molar-refractivity contribution in [3.05, 3.63) is 0 Å². The van der Waals surface area contributed by atoms with Crippen LogP contribution in [0.2, 0.25) is 0 Å². The summed E-state index contributed by atoms with van der Waals surface area (Å²) in [6, 6.07) is -0.503. The smallest absolute Gasteiger partial charge is 0.234 e. The van der Waals surface area contributed by atoms with E-state index in [9.17, 15) is 18.3 Å². The number of carbonyl (C=O) groups excluding carboxylic acids is 1. The molecule has 3 unspecified atom stereocenters. The van der Waals surface area contributed by atoms with Crippen LogP contribution in [0.4, 0.5) is 0 Å². The van der Waals surface area contributed by atoms with Crippen LogP contribution in [0.25, 0.3) is 0 Å². The van der Waals surface area contributed by atoms with Crippen LogP contribution in [-0.2, 0) is 14.6 Å². The van der Waals surface area contributed by atoms with Crippen LogP contribution < -0.4 is 5.32 Å². The fraction of sp³-hybridized carbons (Fsp3) is 0.900. The number of alkyl halides is 1. The first-order valence-electron chi connectivity index (χ1n) is 5.90. The Balaban J connectivity index is 1.81. The minimum absolute atomic E-state index is 0.0814. The van der Waals surface area contributed by atoms with Gasteiger partial charge in [-0.25, -0.2) is 8.42 Å². The van der Waals surface area contributed by atoms with Gasteiger partial charge in [-0.05, 0) is 6.42 Å². The Kier molecular flexibility index (Phi) is 4.15. The van der Waals surface area contributed by atoms with Crippen molar-refractivity contribution >= 4 is 27.3 Å². The molecular formula is C10H17ClN2O4S. The third-order valence-electron chi connectivity index (χ3n) is 3.24. The summed E-state index contributed by atoms with van der Waals surface area (Å²) in [5, 5.41) is 11.4. The quantitative estimate of drug-likeness (QED) is 0.624. The molecule has 2 aliphatic heterocycles. The van der Waals surface area contributed by atoms with E-state index in [1.54, 1.807) is 0 Å². The molecule has 1 amide bonds. The average Bonchev–Trinajstić information content (AvgIpc) is 2.71. The Labute approximate surface area is 111 Å². The van der Waals surface area contributed by atoms with Gasteiger partial charge in [-0.3, -0.25) is 9.69 Å². The Morgan fingerprint density at radius 1 is 1.44 bits per heavy atom. The second kappa shape index (κ2) is 5.32. The molecule has 0 aromatic rings. The lowest BCUT2D eigenvalue weighted by molar-refractivity contribution is -0.122. The zero-order chi connectivity index (χ0) is 13.3. The third kappa shape index (κ3) is 3.57. The first-order chi connectivity index (χ1) is 8.35. The predicted molar refractivity (Wildman–Crippen MR) is 67.3 cm³/mol. The summed E-state index contributed by atoms with van der Waals surface area (Å²) in [5.74, 6) is -0.408. The lowest BCUT2D eigenvalue weighted by Crippen LogP contribution is -2.45. The van der Waals surface area contributed by atoms with Gasteiger partial charge in [0.05, 0.1) is 35.6 Å². The molecule has 2 rings (SSSR count). The van der Waals surface area contributed by atoms with E-state index in [4.69, 9.17) is 11.6 Å². The minimum Gasteiger partial charge on any atom is -0.392 e. The number of aliphatic hydroxyl groups is 1. The van der Waals surface area contributed by atoms with Gasteiger partial charge in [0, 0.05) is 13.1 Å². The number of sulfone groups is 1. The maximum atomic E-state index is 11.7. The van der Waals surface area contributed by atoms with Crippen LogP contribution in [0, 0.1) is 0 Å². The van der Waals surface area contributed by atoms with Crippen molar-refractivity contribution in [1.82, 2.24) is 10.2 Å². The molecule has 0 saturated carbocycles. The van der Waals surface area contributed by atoms with Crippen LogP contribution >= 0.6 is 11.6 Å². The topological polar surface area (TPSA) is 86.7 Å². The van der Waals surface area contributed by atoms with E-state index in [2.05, 4.69) is 5.32 Å². The zero-order valence-corrected chi connectivity index (χ0v) is 11.5. The third-order valence-corrected chi connectivity index (χ3v) is 5.62. The fourth-order valence-corrected chi connectivity index (χ4v) is 4.90. The zero-order valence-electron chi connectivity index (χ0n) is 9.88. The largest absolute Gasteiger partial charge is 0.392 e. The number of aliphatic hydroxyl groups excluding tert-OH is 1. The van der Waals surface area contributed by atoms with E-state index >= 15 is 0 Å². The van der Waals surface area contributed by atoms with Crippen molar-refractivity contribution in [3.63, 3.8) is 0 Å². The van der Waals surface area contributed by atoms with Gasteiger partial charge >= 0.3 is 0 Å². The molecule has 2 N–H and O–H groups in total. The number of nitrogens with one attached hydrogen (secondary N) is 1. The molecule has 104 valence electrons. The Morgan fingerprint density at radius 2 is 2.17 bits per heavy atom. The van der Waals surface area contributed by atoms with E-state index in [0.717, 1.165) is 0 Å². The lowest BCUT2D eigenvalue weighted by Gasteiger charge is -2.18. The van der Waals surface area contributed by atoms with E-state index in [-0.39, 0.29) is 30.1 Å². The molecule has 0 bridgehead atoms. The van der Waals surface area contributed by atoms with Gasteiger partial charge in [-0.2, -0.15) is 0 Å². The Hall–Kier alpha value is -0.370. The molecule has 2 aliphatic rings. The molecule has 0 spiro atoms. The van der Waals surface area contributed by atoms with Crippen molar-refractivity contribution in [2.75, 3.05) is 31.1 Å². The predicted octanol–water partition coefficient (Wildman–Crippen LogP) is -1.43. The average molecular weight is 297 g/mol. The van der Waals surface area contributed by atoms with Gasteiger partial charge in [-0.1, -0.05) is 0 Å². The lowest BCUT2D eigenvalue weighted by atomic mass is 10.2. The maximum absolute atomic E-state index is 11.7. The normalized spacial score (nSPS) is 35.8. The van der Waals surface area contributed by atoms with Gasteiger partial charge in [0.1, 0.15) is 0 Å². The number of likely N-dealkylation sites (tertiary alicyclic amines) is 1. The van der Waals surface area contributed by atoms with Gasteiger partial charge in [0.25, 0.3) is 0 Å². The maximum Gasteiger partial charge on any atom is 0.234 e. The Bertz CT molecular complexity index is 428. The number of hydrogen-bond donors (Lipinski definition) is 2. The summed E-state index contributed by atoms with van der Waals surface area (Å²) < 4.78 is 22.7. The highest BCUT2D eigenvalue weighted by Crippen LogP contribution is 2.18. The molecule has 6 nitrogen and oxygen atoms in total. The second-order valence-electron chi connectivity index (χ2n) is 4.94. The van der Waals surface area contributed by atoms with Crippen molar-refractivity contribution in [2.45, 2.75) is 23.9 Å². The van der Waals surface area contributed by atoms with Crippen molar-refractivity contribution in [1.29, 1.82) is 0 Å². The number of amides is 1. The highest BCUT2D eigenvalue weighted by atomic mass is 35.5. The minimum atomic E-state index is -3.13. The number of β-amino-alcohol motifs (C(OH)–C–C–N with tert-alkyl or cyclic N) is 1. The fourth-order valence-electron chi connectivity index (χ4n) is 2.35. The van der Waals surface area contributed by atoms with Crippen molar-refractivity contribution in [2.24, 2.45) is 0 Å². The van der Waals surface area contributed by atoms with Gasteiger partial charge in [0.2, 0.25) is 5.91 Å². The van der Waals surface area contributed by atoms with E-state index < -0.39 is 21.3 Å². The molecule has 2 heterocycles. The highest BCUT2D eigenvalue weighted by Gasteiger charge is 2.37. The van der Waals surface area contributed by atoms with E-state index in [1.165, 1.54) is 0 Å². The SMILES string of the molecule is O=C(CN1CCC(O)C1)NC1CS(=O)(=O)CC1Cl. The Morgan fingerprint density at radius 3 is 2.67 bits per heavy atom. The van der Waals surface area contributed by atoms with Gasteiger partial charge in [0.15, 0.2) is 9.84 Å². The van der Waals surface area contributed by atoms with Crippen LogP contribution in [0.5, 0.6) is 0 Å². The van der Waals surface area contributed by atoms with Crippen LogP contribution in [0.3, 0.4) is 0 Å². The molecular weight excluding hydrogens is 280 g/mol. The molecule has 0 aliphatic carbocycles. The first-order valence-corrected chi connectivity index (χ1v) is 8.16. The standard InChI is InChI=1S/C10H17ClN2O4S/c11-8-5-18(16,17)6-9(8)12-10(15)4-13-2-1-7(14)3-13/h7-9,14H,1-6H2,(H,12,15). The molecule has 18 heavy (non-hydrogen) atoms. The summed E-state index contributed by atoms with van der Waals surface area (Å²) in [6.07, 6.45) is 0.300. The molecule has 2 fully saturated rings. The molecule has 2 saturated heterocycles. The van der Waals surface area contributed by atoms with Crippen LogP contribution in [0.15, 0.2) is 0 Å². The summed E-state index contributed by atoms with van der Waals surface area (Å²) in [4.78, 5) is 13.6. The molecule has 8 heteroatoms. The summed E-state index contributed by atoms with van der Waals surface area (Å²) in [6.45, 7) is 1.35. The molecule has 0 aromatic heterocycles. The number of carbonyl (C=O) groups is 1. The van der Waals surface area contributed by atoms with E-state index in [1.807, 2.05) is 4.90 Å². The van der Waals surface area contributed by atoms with Gasteiger partial charge < -0.3 is 10.4 Å². The number of nitrogens with zero attached hydrogens (tertiary/aromatic N) is 1. The number of rotatable bonds is 3.